The highest BCUT2D eigenvalue weighted by Crippen LogP contribution is 2.19. The molecule has 2 fully saturated rings. The molecule has 2 aliphatic rings. The number of rotatable bonds is 8. The molecular weight excluding hydrogens is 306 g/mol. The second-order valence-corrected chi connectivity index (χ2v) is 6.94. The van der Waals surface area contributed by atoms with Crippen LogP contribution in [0.25, 0.3) is 0 Å². The largest absolute Gasteiger partial charge is 0.352 e. The van der Waals surface area contributed by atoms with Crippen LogP contribution in [0.1, 0.15) is 45.4 Å². The maximum Gasteiger partial charge on any atom is 0.237 e. The third kappa shape index (κ3) is 4.51. The summed E-state index contributed by atoms with van der Waals surface area (Å²) >= 11 is 0. The van der Waals surface area contributed by atoms with E-state index in [2.05, 4.69) is 37.6 Å². The van der Waals surface area contributed by atoms with Gasteiger partial charge >= 0.3 is 0 Å². The molecular formula is C16H29N7O. The lowest BCUT2D eigenvalue weighted by atomic mass is 10.2. The van der Waals surface area contributed by atoms with Crippen molar-refractivity contribution in [1.29, 1.82) is 0 Å². The molecule has 134 valence electrons. The highest BCUT2D eigenvalue weighted by atomic mass is 16.2. The molecule has 0 aromatic carbocycles. The molecule has 8 nitrogen and oxygen atoms in total. The fourth-order valence-corrected chi connectivity index (χ4v) is 3.04. The Balaban J connectivity index is 1.44. The minimum absolute atomic E-state index is 0.0392. The summed E-state index contributed by atoms with van der Waals surface area (Å²) in [7, 11) is 0. The molecule has 1 saturated heterocycles. The van der Waals surface area contributed by atoms with Gasteiger partial charge in [-0.05, 0) is 36.6 Å². The van der Waals surface area contributed by atoms with Crippen molar-refractivity contribution in [1.82, 2.24) is 35.3 Å². The van der Waals surface area contributed by atoms with Crippen LogP contribution in [0.2, 0.25) is 0 Å². The molecule has 1 atom stereocenters. The molecule has 1 amide bonds. The van der Waals surface area contributed by atoms with Gasteiger partial charge in [0.05, 0.1) is 12.6 Å². The van der Waals surface area contributed by atoms with E-state index in [-0.39, 0.29) is 11.9 Å². The Morgan fingerprint density at radius 1 is 1.29 bits per heavy atom. The monoisotopic (exact) mass is 335 g/mol. The van der Waals surface area contributed by atoms with Crippen molar-refractivity contribution < 1.29 is 4.79 Å². The van der Waals surface area contributed by atoms with Gasteiger partial charge in [-0.15, -0.1) is 5.10 Å². The Hall–Kier alpha value is -1.54. The van der Waals surface area contributed by atoms with Crippen molar-refractivity contribution >= 4 is 5.91 Å². The van der Waals surface area contributed by atoms with Gasteiger partial charge in [0.15, 0.2) is 5.82 Å². The Morgan fingerprint density at radius 2 is 2.04 bits per heavy atom. The van der Waals surface area contributed by atoms with E-state index in [9.17, 15) is 4.79 Å². The van der Waals surface area contributed by atoms with Crippen LogP contribution in [0.3, 0.4) is 0 Å². The van der Waals surface area contributed by atoms with Gasteiger partial charge < -0.3 is 5.32 Å². The number of carbonyl (C=O) groups is 1. The minimum atomic E-state index is -0.0392. The van der Waals surface area contributed by atoms with E-state index in [0.717, 1.165) is 70.8 Å². The number of piperazine rings is 1. The zero-order valence-corrected chi connectivity index (χ0v) is 14.8. The molecule has 2 heterocycles. The van der Waals surface area contributed by atoms with Crippen molar-refractivity contribution in [2.24, 2.45) is 0 Å². The average Bonchev–Trinajstić information content (AvgIpc) is 3.30. The van der Waals surface area contributed by atoms with Gasteiger partial charge in [0, 0.05) is 38.8 Å². The summed E-state index contributed by atoms with van der Waals surface area (Å²) in [5, 5.41) is 15.2. The molecule has 1 N–H and O–H groups in total. The van der Waals surface area contributed by atoms with Crippen molar-refractivity contribution in [3.8, 4) is 0 Å². The normalized spacial score (nSPS) is 20.9. The molecule has 1 aliphatic carbocycles. The maximum atomic E-state index is 12.2. The maximum absolute atomic E-state index is 12.2. The summed E-state index contributed by atoms with van der Waals surface area (Å²) in [6, 6.07) is 0.394. The predicted octanol–water partition coefficient (Wildman–Crippen LogP) is 0.258. The molecule has 1 saturated carbocycles. The number of amides is 1. The highest BCUT2D eigenvalue weighted by molar-refractivity contribution is 5.81. The number of carbonyl (C=O) groups excluding carboxylic acids is 1. The topological polar surface area (TPSA) is 79.2 Å². The van der Waals surface area contributed by atoms with Crippen LogP contribution in [-0.2, 0) is 17.9 Å². The summed E-state index contributed by atoms with van der Waals surface area (Å²) in [5.74, 6) is 1.12. The van der Waals surface area contributed by atoms with Crippen LogP contribution < -0.4 is 5.32 Å². The number of aryl methyl sites for hydroxylation is 1. The number of nitrogens with one attached hydrogen (secondary N) is 1. The van der Waals surface area contributed by atoms with Crippen molar-refractivity contribution in [3.63, 3.8) is 0 Å². The summed E-state index contributed by atoms with van der Waals surface area (Å²) in [6.07, 6.45) is 4.51. The molecule has 8 heteroatoms. The van der Waals surface area contributed by atoms with Gasteiger partial charge in [0.2, 0.25) is 5.91 Å². The number of tetrazole rings is 1. The van der Waals surface area contributed by atoms with Crippen LogP contribution in [-0.4, -0.2) is 74.2 Å². The lowest BCUT2D eigenvalue weighted by Crippen LogP contribution is -2.54. The van der Waals surface area contributed by atoms with Gasteiger partial charge in [-0.1, -0.05) is 13.3 Å². The fourth-order valence-electron chi connectivity index (χ4n) is 3.04. The average molecular weight is 335 g/mol. The lowest BCUT2D eigenvalue weighted by Gasteiger charge is -2.37. The molecule has 1 aromatic heterocycles. The molecule has 0 spiro atoms. The number of hydrogen-bond acceptors (Lipinski definition) is 6. The van der Waals surface area contributed by atoms with E-state index >= 15 is 0 Å². The molecule has 1 unspecified atom stereocenters. The molecule has 0 bridgehead atoms. The summed E-state index contributed by atoms with van der Waals surface area (Å²) < 4.78 is 1.92. The lowest BCUT2D eigenvalue weighted by molar-refractivity contribution is -0.126. The van der Waals surface area contributed by atoms with Crippen molar-refractivity contribution in [3.05, 3.63) is 5.82 Å². The Morgan fingerprint density at radius 3 is 2.71 bits per heavy atom. The minimum Gasteiger partial charge on any atom is -0.352 e. The van der Waals surface area contributed by atoms with Crippen LogP contribution in [0.15, 0.2) is 0 Å². The number of nitrogens with zero attached hydrogens (tertiary/aromatic N) is 6. The van der Waals surface area contributed by atoms with E-state index in [1.807, 2.05) is 11.6 Å². The summed E-state index contributed by atoms with van der Waals surface area (Å²) in [6.45, 7) is 9.57. The van der Waals surface area contributed by atoms with E-state index in [1.54, 1.807) is 0 Å². The number of unbranched alkanes of at least 4 members (excludes halogenated alkanes) is 1. The quantitative estimate of drug-likeness (QED) is 0.734. The second-order valence-electron chi connectivity index (χ2n) is 6.94. The van der Waals surface area contributed by atoms with Crippen LogP contribution in [0.5, 0.6) is 0 Å². The Bertz CT molecular complexity index is 534. The SMILES string of the molecule is CCCCn1nnnc1CN1CCN(C(C)C(=O)NC2CC2)CC1. The van der Waals surface area contributed by atoms with E-state index in [1.165, 1.54) is 0 Å². The first-order chi connectivity index (χ1) is 11.7. The van der Waals surface area contributed by atoms with Gasteiger partial charge in [-0.3, -0.25) is 14.6 Å². The first-order valence-corrected chi connectivity index (χ1v) is 9.19. The number of hydrogen-bond donors (Lipinski definition) is 1. The first kappa shape index (κ1) is 17.3. The molecule has 1 aromatic rings. The smallest absolute Gasteiger partial charge is 0.237 e. The first-order valence-electron chi connectivity index (χ1n) is 9.19. The van der Waals surface area contributed by atoms with Gasteiger partial charge in [0.1, 0.15) is 0 Å². The van der Waals surface area contributed by atoms with E-state index in [0.29, 0.717) is 6.04 Å². The third-order valence-electron chi connectivity index (χ3n) is 4.95. The molecule has 0 radical (unpaired) electrons. The molecule has 3 rings (SSSR count). The third-order valence-corrected chi connectivity index (χ3v) is 4.95. The Kier molecular flexibility index (Phi) is 5.78. The van der Waals surface area contributed by atoms with Gasteiger partial charge in [-0.2, -0.15) is 0 Å². The summed E-state index contributed by atoms with van der Waals surface area (Å²) in [4.78, 5) is 16.8. The van der Waals surface area contributed by atoms with E-state index < -0.39 is 0 Å². The predicted molar refractivity (Wildman–Crippen MR) is 90.2 cm³/mol. The second kappa shape index (κ2) is 8.02. The molecule has 24 heavy (non-hydrogen) atoms. The zero-order chi connectivity index (χ0) is 16.9. The Labute approximate surface area is 143 Å². The zero-order valence-electron chi connectivity index (χ0n) is 14.8. The van der Waals surface area contributed by atoms with Crippen molar-refractivity contribution in [2.75, 3.05) is 26.2 Å². The highest BCUT2D eigenvalue weighted by Gasteiger charge is 2.30. The van der Waals surface area contributed by atoms with Crippen LogP contribution in [0.4, 0.5) is 0 Å². The van der Waals surface area contributed by atoms with E-state index in [4.69, 9.17) is 0 Å². The van der Waals surface area contributed by atoms with Crippen LogP contribution >= 0.6 is 0 Å². The number of aromatic nitrogens is 4. The standard InChI is InChI=1S/C16H29N7O/c1-3-4-7-23-15(18-19-20-23)12-21-8-10-22(11-9-21)13(2)16(24)17-14-5-6-14/h13-14H,3-12H2,1-2H3,(H,17,24). The van der Waals surface area contributed by atoms with Gasteiger partial charge in [-0.25, -0.2) is 4.68 Å². The van der Waals surface area contributed by atoms with Gasteiger partial charge in [0.25, 0.3) is 0 Å². The summed E-state index contributed by atoms with van der Waals surface area (Å²) in [5.41, 5.74) is 0. The van der Waals surface area contributed by atoms with Crippen molar-refractivity contribution in [2.45, 2.75) is 64.7 Å². The fraction of sp³-hybridized carbons (Fsp3) is 0.875. The molecule has 1 aliphatic heterocycles. The van der Waals surface area contributed by atoms with Crippen LogP contribution in [0, 0.1) is 0 Å².